The molecule has 0 bridgehead atoms. The van der Waals surface area contributed by atoms with Crippen LogP contribution in [0.5, 0.6) is 0 Å². The first-order chi connectivity index (χ1) is 16.3. The molecule has 34 heavy (non-hydrogen) atoms. The van der Waals surface area contributed by atoms with Gasteiger partial charge in [0, 0.05) is 11.6 Å². The zero-order valence-corrected chi connectivity index (χ0v) is 19.5. The van der Waals surface area contributed by atoms with Gasteiger partial charge in [0.2, 0.25) is 5.91 Å². The minimum Gasteiger partial charge on any atom is -0.350 e. The summed E-state index contributed by atoms with van der Waals surface area (Å²) in [6, 6.07) is 16.6. The van der Waals surface area contributed by atoms with Crippen LogP contribution in [-0.2, 0) is 11.3 Å². The first-order valence-corrected chi connectivity index (χ1v) is 11.2. The lowest BCUT2D eigenvalue weighted by atomic mass is 10.1. The quantitative estimate of drug-likeness (QED) is 0.442. The SMILES string of the molecule is CCC(C(=O)NCc1ccc(F)cc1)n1c(=O)n(-c2cccc(C)c2)c(=O)c2ccc(Cl)cc21. The van der Waals surface area contributed by atoms with Gasteiger partial charge in [-0.1, -0.05) is 42.8 Å². The Bertz CT molecular complexity index is 1490. The van der Waals surface area contributed by atoms with Gasteiger partial charge in [-0.05, 0) is 66.9 Å². The van der Waals surface area contributed by atoms with Crippen molar-refractivity contribution in [1.82, 2.24) is 14.5 Å². The normalized spacial score (nSPS) is 12.0. The summed E-state index contributed by atoms with van der Waals surface area (Å²) in [5.41, 5.74) is 1.19. The molecule has 0 saturated heterocycles. The lowest BCUT2D eigenvalue weighted by Gasteiger charge is -2.22. The van der Waals surface area contributed by atoms with E-state index < -0.39 is 23.2 Å². The van der Waals surface area contributed by atoms with E-state index >= 15 is 0 Å². The van der Waals surface area contributed by atoms with Gasteiger partial charge in [0.05, 0.1) is 16.6 Å². The molecule has 1 aromatic heterocycles. The number of nitrogens with zero attached hydrogens (tertiary/aromatic N) is 2. The van der Waals surface area contributed by atoms with Crippen molar-refractivity contribution >= 4 is 28.4 Å². The molecule has 1 amide bonds. The second-order valence-corrected chi connectivity index (χ2v) is 8.50. The van der Waals surface area contributed by atoms with Crippen LogP contribution in [0.25, 0.3) is 16.6 Å². The first-order valence-electron chi connectivity index (χ1n) is 10.9. The maximum atomic E-state index is 13.7. The molecule has 1 atom stereocenters. The average Bonchev–Trinajstić information content (AvgIpc) is 2.81. The molecule has 8 heteroatoms. The number of carbonyl (C=O) groups excluding carboxylic acids is 1. The Balaban J connectivity index is 1.86. The number of carbonyl (C=O) groups is 1. The molecule has 0 radical (unpaired) electrons. The standard InChI is InChI=1S/C26H23ClFN3O3/c1-3-22(24(32)29-15-17-7-10-19(28)11-8-17)31-23-14-18(27)9-12-21(23)25(33)30(26(31)34)20-6-4-5-16(2)13-20/h4-14,22H,3,15H2,1-2H3,(H,29,32). The van der Waals surface area contributed by atoms with Gasteiger partial charge < -0.3 is 5.32 Å². The highest BCUT2D eigenvalue weighted by atomic mass is 35.5. The van der Waals surface area contributed by atoms with Crippen molar-refractivity contribution in [2.24, 2.45) is 0 Å². The fourth-order valence-electron chi connectivity index (χ4n) is 3.99. The Labute approximate surface area is 200 Å². The first kappa shape index (κ1) is 23.4. The molecule has 0 aliphatic carbocycles. The van der Waals surface area contributed by atoms with Crippen molar-refractivity contribution in [2.45, 2.75) is 32.9 Å². The van der Waals surface area contributed by atoms with E-state index in [2.05, 4.69) is 5.32 Å². The smallest absolute Gasteiger partial charge is 0.336 e. The molecule has 174 valence electrons. The maximum absolute atomic E-state index is 13.7. The monoisotopic (exact) mass is 479 g/mol. The van der Waals surface area contributed by atoms with Gasteiger partial charge in [-0.25, -0.2) is 13.8 Å². The Hall–Kier alpha value is -3.71. The van der Waals surface area contributed by atoms with Gasteiger partial charge in [0.25, 0.3) is 5.56 Å². The minimum atomic E-state index is -0.898. The highest BCUT2D eigenvalue weighted by Gasteiger charge is 2.25. The van der Waals surface area contributed by atoms with Crippen molar-refractivity contribution in [1.29, 1.82) is 0 Å². The molecule has 6 nitrogen and oxygen atoms in total. The number of fused-ring (bicyclic) bond motifs is 1. The summed E-state index contributed by atoms with van der Waals surface area (Å²) in [5.74, 6) is -0.764. The number of hydrogen-bond donors (Lipinski definition) is 1. The molecule has 1 N–H and O–H groups in total. The minimum absolute atomic E-state index is 0.167. The van der Waals surface area contributed by atoms with E-state index in [0.717, 1.165) is 15.7 Å². The van der Waals surface area contributed by atoms with Crippen molar-refractivity contribution < 1.29 is 9.18 Å². The van der Waals surface area contributed by atoms with Gasteiger partial charge in [-0.2, -0.15) is 0 Å². The van der Waals surface area contributed by atoms with Crippen molar-refractivity contribution in [2.75, 3.05) is 0 Å². The summed E-state index contributed by atoms with van der Waals surface area (Å²) < 4.78 is 15.6. The topological polar surface area (TPSA) is 73.1 Å². The third-order valence-corrected chi connectivity index (χ3v) is 5.93. The van der Waals surface area contributed by atoms with Crippen LogP contribution in [0.3, 0.4) is 0 Å². The van der Waals surface area contributed by atoms with Crippen LogP contribution in [0.4, 0.5) is 4.39 Å². The molecular formula is C26H23ClFN3O3. The van der Waals surface area contributed by atoms with Crippen LogP contribution >= 0.6 is 11.6 Å². The van der Waals surface area contributed by atoms with Gasteiger partial charge in [0.1, 0.15) is 11.9 Å². The number of aryl methyl sites for hydroxylation is 1. The Kier molecular flexibility index (Phi) is 6.65. The van der Waals surface area contributed by atoms with E-state index in [1.54, 1.807) is 49.4 Å². The van der Waals surface area contributed by atoms with Gasteiger partial charge in [-0.15, -0.1) is 0 Å². The van der Waals surface area contributed by atoms with Crippen LogP contribution in [0, 0.1) is 12.7 Å². The molecular weight excluding hydrogens is 457 g/mol. The molecule has 4 rings (SSSR count). The van der Waals surface area contributed by atoms with Crippen LogP contribution in [0.1, 0.15) is 30.5 Å². The van der Waals surface area contributed by atoms with E-state index in [1.165, 1.54) is 22.8 Å². The largest absolute Gasteiger partial charge is 0.350 e. The molecule has 3 aromatic carbocycles. The second kappa shape index (κ2) is 9.65. The highest BCUT2D eigenvalue weighted by Crippen LogP contribution is 2.21. The molecule has 1 unspecified atom stereocenters. The van der Waals surface area contributed by atoms with Crippen LogP contribution in [0.2, 0.25) is 5.02 Å². The third kappa shape index (κ3) is 4.52. The fourth-order valence-corrected chi connectivity index (χ4v) is 4.16. The molecule has 0 saturated carbocycles. The number of hydrogen-bond acceptors (Lipinski definition) is 3. The van der Waals surface area contributed by atoms with E-state index in [0.29, 0.717) is 17.1 Å². The number of amides is 1. The average molecular weight is 480 g/mol. The van der Waals surface area contributed by atoms with Gasteiger partial charge >= 0.3 is 5.69 Å². The predicted octanol–water partition coefficient (Wildman–Crippen LogP) is 4.52. The fraction of sp³-hybridized carbons (Fsp3) is 0.192. The van der Waals surface area contributed by atoms with Crippen molar-refractivity contribution in [3.8, 4) is 5.69 Å². The summed E-state index contributed by atoms with van der Waals surface area (Å²) in [6.45, 7) is 3.82. The Morgan fingerprint density at radius 2 is 1.79 bits per heavy atom. The van der Waals surface area contributed by atoms with E-state index in [4.69, 9.17) is 11.6 Å². The third-order valence-electron chi connectivity index (χ3n) is 5.69. The molecule has 0 spiro atoms. The molecule has 0 aliphatic heterocycles. The number of aromatic nitrogens is 2. The van der Waals surface area contributed by atoms with Gasteiger partial charge in [0.15, 0.2) is 0 Å². The highest BCUT2D eigenvalue weighted by molar-refractivity contribution is 6.31. The predicted molar refractivity (Wildman–Crippen MR) is 131 cm³/mol. The second-order valence-electron chi connectivity index (χ2n) is 8.06. The summed E-state index contributed by atoms with van der Waals surface area (Å²) in [6.07, 6.45) is 0.294. The number of benzene rings is 3. The zero-order valence-electron chi connectivity index (χ0n) is 18.7. The maximum Gasteiger partial charge on any atom is 0.336 e. The molecule has 1 heterocycles. The molecule has 0 fully saturated rings. The lowest BCUT2D eigenvalue weighted by Crippen LogP contribution is -2.44. The van der Waals surface area contributed by atoms with E-state index in [-0.39, 0.29) is 23.3 Å². The van der Waals surface area contributed by atoms with Gasteiger partial charge in [-0.3, -0.25) is 14.2 Å². The number of halogens is 2. The Morgan fingerprint density at radius 1 is 1.06 bits per heavy atom. The summed E-state index contributed by atoms with van der Waals surface area (Å²) in [7, 11) is 0. The van der Waals surface area contributed by atoms with E-state index in [1.807, 2.05) is 13.0 Å². The number of rotatable bonds is 6. The van der Waals surface area contributed by atoms with Crippen molar-refractivity contribution in [3.05, 3.63) is 110 Å². The summed E-state index contributed by atoms with van der Waals surface area (Å²) >= 11 is 6.20. The lowest BCUT2D eigenvalue weighted by molar-refractivity contribution is -0.124. The van der Waals surface area contributed by atoms with Crippen LogP contribution in [0.15, 0.2) is 76.3 Å². The van der Waals surface area contributed by atoms with Crippen LogP contribution < -0.4 is 16.6 Å². The zero-order chi connectivity index (χ0) is 24.4. The Morgan fingerprint density at radius 3 is 2.47 bits per heavy atom. The van der Waals surface area contributed by atoms with Crippen molar-refractivity contribution in [3.63, 3.8) is 0 Å². The van der Waals surface area contributed by atoms with E-state index in [9.17, 15) is 18.8 Å². The summed E-state index contributed by atoms with van der Waals surface area (Å²) in [5, 5.41) is 3.43. The molecule has 4 aromatic rings. The molecule has 0 aliphatic rings. The van der Waals surface area contributed by atoms with Crippen LogP contribution in [-0.4, -0.2) is 15.0 Å². The number of nitrogens with one attached hydrogen (secondary N) is 1. The summed E-state index contributed by atoms with van der Waals surface area (Å²) in [4.78, 5) is 40.2.